The number of nitrogens with one attached hydrogen (secondary N) is 1. The van der Waals surface area contributed by atoms with E-state index in [-0.39, 0.29) is 5.82 Å². The lowest BCUT2D eigenvalue weighted by Gasteiger charge is -2.12. The van der Waals surface area contributed by atoms with Gasteiger partial charge in [-0.25, -0.2) is 4.39 Å². The summed E-state index contributed by atoms with van der Waals surface area (Å²) < 4.78 is 14.1. The first-order valence-electron chi connectivity index (χ1n) is 6.00. The zero-order chi connectivity index (χ0) is 14.1. The second kappa shape index (κ2) is 5.09. The van der Waals surface area contributed by atoms with E-state index >= 15 is 0 Å². The highest BCUT2D eigenvalue weighted by molar-refractivity contribution is 9.10. The number of nitrogens with two attached hydrogens (primary N) is 1. The number of hydrogen-bond donors (Lipinski definition) is 2. The highest BCUT2D eigenvalue weighted by Crippen LogP contribution is 2.32. The predicted octanol–water partition coefficient (Wildman–Crippen LogP) is 4.46. The molecule has 3 N–H and O–H groups in total. The van der Waals surface area contributed by atoms with Gasteiger partial charge in [-0.1, -0.05) is 0 Å². The van der Waals surface area contributed by atoms with Crippen molar-refractivity contribution in [3.05, 3.63) is 59.0 Å². The van der Waals surface area contributed by atoms with E-state index in [2.05, 4.69) is 26.2 Å². The van der Waals surface area contributed by atoms with E-state index in [1.807, 2.05) is 18.2 Å². The minimum atomic E-state index is -0.298. The number of rotatable bonds is 2. The standard InChI is InChI=1S/C15H11BrFN3/c16-11-4-3-9(17)8-14(11)20-13-6-5-12(18)15-10(13)2-1-7-19-15/h1-8,20H,18H2. The van der Waals surface area contributed by atoms with Gasteiger partial charge >= 0.3 is 0 Å². The number of fused-ring (bicyclic) bond motifs is 1. The summed E-state index contributed by atoms with van der Waals surface area (Å²) in [5, 5.41) is 4.09. The van der Waals surface area contributed by atoms with Crippen molar-refractivity contribution in [1.82, 2.24) is 4.98 Å². The molecule has 0 bridgehead atoms. The van der Waals surface area contributed by atoms with Crippen LogP contribution in [0.2, 0.25) is 0 Å². The Morgan fingerprint density at radius 2 is 1.95 bits per heavy atom. The maximum atomic E-state index is 13.3. The molecule has 0 unspecified atom stereocenters. The fraction of sp³-hybridized carbons (Fsp3) is 0. The monoisotopic (exact) mass is 331 g/mol. The molecule has 0 spiro atoms. The van der Waals surface area contributed by atoms with E-state index < -0.39 is 0 Å². The van der Waals surface area contributed by atoms with Gasteiger partial charge in [-0.05, 0) is 58.4 Å². The number of anilines is 3. The average Bonchev–Trinajstić information content (AvgIpc) is 2.46. The van der Waals surface area contributed by atoms with Gasteiger partial charge in [0.25, 0.3) is 0 Å². The van der Waals surface area contributed by atoms with Gasteiger partial charge < -0.3 is 11.1 Å². The van der Waals surface area contributed by atoms with E-state index in [9.17, 15) is 4.39 Å². The number of hydrogen-bond acceptors (Lipinski definition) is 3. The van der Waals surface area contributed by atoms with Crippen LogP contribution in [0.5, 0.6) is 0 Å². The van der Waals surface area contributed by atoms with Crippen LogP contribution >= 0.6 is 15.9 Å². The fourth-order valence-corrected chi connectivity index (χ4v) is 2.39. The van der Waals surface area contributed by atoms with Crippen molar-refractivity contribution in [1.29, 1.82) is 0 Å². The van der Waals surface area contributed by atoms with Crippen LogP contribution < -0.4 is 11.1 Å². The number of nitrogens with zero attached hydrogens (tertiary/aromatic N) is 1. The van der Waals surface area contributed by atoms with Gasteiger partial charge in [0.1, 0.15) is 5.82 Å². The predicted molar refractivity (Wildman–Crippen MR) is 83.5 cm³/mol. The summed E-state index contributed by atoms with van der Waals surface area (Å²) in [6.07, 6.45) is 1.70. The van der Waals surface area contributed by atoms with Crippen molar-refractivity contribution >= 4 is 43.9 Å². The summed E-state index contributed by atoms with van der Waals surface area (Å²) in [6.45, 7) is 0. The number of nitrogen functional groups attached to an aromatic ring is 1. The molecule has 0 fully saturated rings. The van der Waals surface area contributed by atoms with Crippen LogP contribution in [0.15, 0.2) is 53.1 Å². The van der Waals surface area contributed by atoms with Crippen LogP contribution in [0.25, 0.3) is 10.9 Å². The van der Waals surface area contributed by atoms with E-state index in [0.29, 0.717) is 11.4 Å². The molecule has 3 aromatic rings. The summed E-state index contributed by atoms with van der Waals surface area (Å²) in [5.41, 5.74) is 8.74. The van der Waals surface area contributed by atoms with E-state index in [4.69, 9.17) is 5.73 Å². The van der Waals surface area contributed by atoms with Crippen molar-refractivity contribution in [3.63, 3.8) is 0 Å². The number of halogens is 2. The zero-order valence-corrected chi connectivity index (χ0v) is 12.0. The Hall–Kier alpha value is -2.14. The third kappa shape index (κ3) is 2.32. The molecule has 0 saturated heterocycles. The summed E-state index contributed by atoms with van der Waals surface area (Å²) in [4.78, 5) is 4.27. The second-order valence-electron chi connectivity index (χ2n) is 4.35. The van der Waals surface area contributed by atoms with E-state index in [1.54, 1.807) is 18.3 Å². The van der Waals surface area contributed by atoms with Crippen LogP contribution in [0, 0.1) is 5.82 Å². The van der Waals surface area contributed by atoms with Gasteiger partial charge in [0.05, 0.1) is 16.9 Å². The van der Waals surface area contributed by atoms with Gasteiger partial charge in [-0.3, -0.25) is 4.98 Å². The van der Waals surface area contributed by atoms with Gasteiger partial charge in [-0.15, -0.1) is 0 Å². The minimum Gasteiger partial charge on any atom is -0.397 e. The summed E-state index contributed by atoms with van der Waals surface area (Å²) in [7, 11) is 0. The third-order valence-corrected chi connectivity index (χ3v) is 3.69. The summed E-state index contributed by atoms with van der Waals surface area (Å²) in [6, 6.07) is 11.9. The SMILES string of the molecule is Nc1ccc(Nc2cc(F)ccc2Br)c2cccnc12. The summed E-state index contributed by atoms with van der Waals surface area (Å²) >= 11 is 3.40. The Kier molecular flexibility index (Phi) is 3.28. The van der Waals surface area contributed by atoms with Crippen LogP contribution in [-0.4, -0.2) is 4.98 Å². The molecule has 3 rings (SSSR count). The number of benzene rings is 2. The smallest absolute Gasteiger partial charge is 0.125 e. The Labute approximate surface area is 123 Å². The first kappa shape index (κ1) is 12.9. The molecule has 0 aliphatic heterocycles. The first-order chi connectivity index (χ1) is 9.65. The molecule has 20 heavy (non-hydrogen) atoms. The molecular weight excluding hydrogens is 321 g/mol. The van der Waals surface area contributed by atoms with Gasteiger partial charge in [-0.2, -0.15) is 0 Å². The van der Waals surface area contributed by atoms with Crippen molar-refractivity contribution in [3.8, 4) is 0 Å². The van der Waals surface area contributed by atoms with Gasteiger partial charge in [0, 0.05) is 21.7 Å². The molecule has 0 aliphatic rings. The Morgan fingerprint density at radius 1 is 1.10 bits per heavy atom. The highest BCUT2D eigenvalue weighted by Gasteiger charge is 2.07. The average molecular weight is 332 g/mol. The van der Waals surface area contributed by atoms with Crippen molar-refractivity contribution in [2.24, 2.45) is 0 Å². The molecule has 3 nitrogen and oxygen atoms in total. The molecule has 100 valence electrons. The zero-order valence-electron chi connectivity index (χ0n) is 10.4. The highest BCUT2D eigenvalue weighted by atomic mass is 79.9. The molecule has 0 aliphatic carbocycles. The lowest BCUT2D eigenvalue weighted by atomic mass is 10.1. The lowest BCUT2D eigenvalue weighted by Crippen LogP contribution is -1.96. The van der Waals surface area contributed by atoms with Gasteiger partial charge in [0.15, 0.2) is 0 Å². The minimum absolute atomic E-state index is 0.298. The van der Waals surface area contributed by atoms with Crippen LogP contribution in [0.4, 0.5) is 21.5 Å². The van der Waals surface area contributed by atoms with Crippen molar-refractivity contribution in [2.75, 3.05) is 11.1 Å². The molecule has 2 aromatic carbocycles. The topological polar surface area (TPSA) is 50.9 Å². The molecule has 0 amide bonds. The number of aromatic nitrogens is 1. The van der Waals surface area contributed by atoms with Crippen molar-refractivity contribution < 1.29 is 4.39 Å². The molecule has 1 aromatic heterocycles. The molecule has 1 heterocycles. The molecule has 0 atom stereocenters. The maximum absolute atomic E-state index is 13.3. The number of pyridine rings is 1. The van der Waals surface area contributed by atoms with E-state index in [0.717, 1.165) is 21.1 Å². The Bertz CT molecular complexity index is 789. The molecule has 5 heteroatoms. The van der Waals surface area contributed by atoms with Gasteiger partial charge in [0.2, 0.25) is 0 Å². The molecular formula is C15H11BrFN3. The lowest BCUT2D eigenvalue weighted by molar-refractivity contribution is 0.628. The van der Waals surface area contributed by atoms with Crippen LogP contribution in [0.3, 0.4) is 0 Å². The second-order valence-corrected chi connectivity index (χ2v) is 5.21. The van der Waals surface area contributed by atoms with E-state index in [1.165, 1.54) is 12.1 Å². The van der Waals surface area contributed by atoms with Crippen molar-refractivity contribution in [2.45, 2.75) is 0 Å². The third-order valence-electron chi connectivity index (χ3n) is 3.00. The quantitative estimate of drug-likeness (QED) is 0.681. The van der Waals surface area contributed by atoms with Crippen LogP contribution in [0.1, 0.15) is 0 Å². The molecule has 0 saturated carbocycles. The first-order valence-corrected chi connectivity index (χ1v) is 6.80. The maximum Gasteiger partial charge on any atom is 0.125 e. The molecule has 0 radical (unpaired) electrons. The fourth-order valence-electron chi connectivity index (χ4n) is 2.04. The Balaban J connectivity index is 2.11. The van der Waals surface area contributed by atoms with Crippen LogP contribution in [-0.2, 0) is 0 Å². The Morgan fingerprint density at radius 3 is 2.80 bits per heavy atom. The largest absolute Gasteiger partial charge is 0.397 e. The summed E-state index contributed by atoms with van der Waals surface area (Å²) in [5.74, 6) is -0.298. The normalized spacial score (nSPS) is 10.7.